The normalized spacial score (nSPS) is 11.9. The van der Waals surface area contributed by atoms with E-state index in [-0.39, 0.29) is 6.54 Å². The van der Waals surface area contributed by atoms with Crippen molar-refractivity contribution in [2.75, 3.05) is 18.6 Å². The van der Waals surface area contributed by atoms with E-state index in [2.05, 4.69) is 11.0 Å². The fourth-order valence-electron chi connectivity index (χ4n) is 1.82. The molecule has 0 aliphatic rings. The van der Waals surface area contributed by atoms with Crippen molar-refractivity contribution in [2.24, 2.45) is 5.73 Å². The van der Waals surface area contributed by atoms with Gasteiger partial charge in [0.25, 0.3) is 0 Å². The molecule has 0 saturated carbocycles. The zero-order valence-corrected chi connectivity index (χ0v) is 13.9. The van der Waals surface area contributed by atoms with Gasteiger partial charge in [0.15, 0.2) is 0 Å². The molecule has 0 unspecified atom stereocenters. The van der Waals surface area contributed by atoms with E-state index in [0.29, 0.717) is 11.4 Å². The molecule has 0 spiro atoms. The van der Waals surface area contributed by atoms with E-state index in [1.165, 1.54) is 11.3 Å². The van der Waals surface area contributed by atoms with E-state index in [4.69, 9.17) is 5.73 Å². The molecule has 0 radical (unpaired) electrons. The van der Waals surface area contributed by atoms with Crippen LogP contribution in [0.25, 0.3) is 0 Å². The lowest BCUT2D eigenvalue weighted by atomic mass is 10.2. The fraction of sp³-hybridized carbons (Fsp3) is 0.667. The van der Waals surface area contributed by atoms with Crippen molar-refractivity contribution in [1.29, 1.82) is 0 Å². The van der Waals surface area contributed by atoms with E-state index in [1.54, 1.807) is 0 Å². The van der Waals surface area contributed by atoms with Crippen molar-refractivity contribution in [2.45, 2.75) is 37.6 Å². The van der Waals surface area contributed by atoms with Crippen LogP contribution in [-0.2, 0) is 16.6 Å². The summed E-state index contributed by atoms with van der Waals surface area (Å²) in [5.41, 5.74) is 6.36. The summed E-state index contributed by atoms with van der Waals surface area (Å²) in [5, 5.41) is 1.84. The number of nitrogens with two attached hydrogens (primary N) is 1. The summed E-state index contributed by atoms with van der Waals surface area (Å²) in [6.45, 7) is 2.57. The Labute approximate surface area is 124 Å². The summed E-state index contributed by atoms with van der Waals surface area (Å²) < 4.78 is 27.1. The lowest BCUT2D eigenvalue weighted by Gasteiger charge is -2.08. The number of hydrogen-bond acceptors (Lipinski definition) is 5. The lowest BCUT2D eigenvalue weighted by molar-refractivity contribution is 0.575. The average Bonchev–Trinajstić information content (AvgIpc) is 2.75. The molecule has 0 atom stereocenters. The van der Waals surface area contributed by atoms with Crippen LogP contribution in [0.15, 0.2) is 10.3 Å². The van der Waals surface area contributed by atoms with Gasteiger partial charge in [0, 0.05) is 18.0 Å². The Morgan fingerprint density at radius 1 is 1.37 bits per heavy atom. The van der Waals surface area contributed by atoms with Crippen LogP contribution in [0.2, 0.25) is 0 Å². The van der Waals surface area contributed by atoms with E-state index >= 15 is 0 Å². The molecule has 0 fully saturated rings. The molecule has 4 nitrogen and oxygen atoms in total. The van der Waals surface area contributed by atoms with E-state index in [0.717, 1.165) is 35.5 Å². The average molecular weight is 323 g/mol. The predicted molar refractivity (Wildman–Crippen MR) is 84.4 cm³/mol. The molecule has 1 rings (SSSR count). The summed E-state index contributed by atoms with van der Waals surface area (Å²) in [5.74, 6) is 1.13. The highest BCUT2D eigenvalue weighted by molar-refractivity contribution is 7.98. The molecule has 0 aliphatic heterocycles. The Morgan fingerprint density at radius 3 is 2.74 bits per heavy atom. The lowest BCUT2D eigenvalue weighted by Crippen LogP contribution is -2.26. The maximum atomic E-state index is 12.2. The molecular formula is C12H22N2O2S3. The van der Waals surface area contributed by atoms with E-state index in [1.807, 2.05) is 24.1 Å². The van der Waals surface area contributed by atoms with Gasteiger partial charge in [0.05, 0.1) is 0 Å². The summed E-state index contributed by atoms with van der Waals surface area (Å²) in [6.07, 6.45) is 5.14. The number of thiophene rings is 1. The Kier molecular flexibility index (Phi) is 7.38. The van der Waals surface area contributed by atoms with Gasteiger partial charge in [-0.25, -0.2) is 13.1 Å². The third-order valence-corrected chi connectivity index (χ3v) is 6.40. The van der Waals surface area contributed by atoms with Crippen molar-refractivity contribution in [3.05, 3.63) is 15.8 Å². The highest BCUT2D eigenvalue weighted by Crippen LogP contribution is 2.26. The summed E-state index contributed by atoms with van der Waals surface area (Å²) in [7, 11) is -3.41. The van der Waals surface area contributed by atoms with Gasteiger partial charge >= 0.3 is 0 Å². The maximum Gasteiger partial charge on any atom is 0.241 e. The monoisotopic (exact) mass is 322 g/mol. The van der Waals surface area contributed by atoms with Gasteiger partial charge in [-0.1, -0.05) is 6.42 Å². The SMILES string of the molecule is CSCCCCCNS(=O)(=O)c1c(C)csc1CN. The summed E-state index contributed by atoms with van der Waals surface area (Å²) >= 11 is 3.23. The first kappa shape index (κ1) is 17.0. The van der Waals surface area contributed by atoms with Gasteiger partial charge in [-0.05, 0) is 42.7 Å². The number of sulfonamides is 1. The first-order valence-electron chi connectivity index (χ1n) is 6.28. The predicted octanol–water partition coefficient (Wildman–Crippen LogP) is 2.33. The second-order valence-electron chi connectivity index (χ2n) is 4.33. The molecule has 0 bridgehead atoms. The van der Waals surface area contributed by atoms with Gasteiger partial charge in [-0.3, -0.25) is 0 Å². The zero-order chi connectivity index (χ0) is 14.3. The van der Waals surface area contributed by atoms with E-state index in [9.17, 15) is 8.42 Å². The molecule has 110 valence electrons. The third-order valence-electron chi connectivity index (χ3n) is 2.76. The Hall–Kier alpha value is -0.0800. The van der Waals surface area contributed by atoms with Crippen LogP contribution in [0.5, 0.6) is 0 Å². The minimum Gasteiger partial charge on any atom is -0.326 e. The van der Waals surface area contributed by atoms with Gasteiger partial charge < -0.3 is 5.73 Å². The van der Waals surface area contributed by atoms with Gasteiger partial charge in [-0.2, -0.15) is 11.8 Å². The number of aryl methyl sites for hydroxylation is 1. The first-order chi connectivity index (χ1) is 9.03. The highest BCUT2D eigenvalue weighted by Gasteiger charge is 2.21. The van der Waals surface area contributed by atoms with Crippen LogP contribution >= 0.6 is 23.1 Å². The number of hydrogen-bond donors (Lipinski definition) is 2. The highest BCUT2D eigenvalue weighted by atomic mass is 32.2. The molecule has 1 aromatic heterocycles. The molecule has 3 N–H and O–H groups in total. The number of unbranched alkanes of at least 4 members (excludes halogenated alkanes) is 2. The van der Waals surface area contributed by atoms with Crippen molar-refractivity contribution < 1.29 is 8.42 Å². The van der Waals surface area contributed by atoms with Gasteiger partial charge in [0.2, 0.25) is 10.0 Å². The maximum absolute atomic E-state index is 12.2. The number of nitrogens with one attached hydrogen (secondary N) is 1. The third kappa shape index (κ3) is 5.07. The molecule has 1 aromatic rings. The van der Waals surface area contributed by atoms with Crippen molar-refractivity contribution in [3.8, 4) is 0 Å². The molecule has 0 aromatic carbocycles. The molecule has 0 amide bonds. The molecule has 19 heavy (non-hydrogen) atoms. The minimum absolute atomic E-state index is 0.266. The minimum atomic E-state index is -3.41. The van der Waals surface area contributed by atoms with Crippen LogP contribution in [0.3, 0.4) is 0 Å². The molecule has 1 heterocycles. The van der Waals surface area contributed by atoms with Crippen LogP contribution in [-0.4, -0.2) is 27.0 Å². The smallest absolute Gasteiger partial charge is 0.241 e. The zero-order valence-electron chi connectivity index (χ0n) is 11.4. The number of rotatable bonds is 9. The largest absolute Gasteiger partial charge is 0.326 e. The Bertz CT molecular complexity index is 483. The van der Waals surface area contributed by atoms with Crippen LogP contribution < -0.4 is 10.5 Å². The van der Waals surface area contributed by atoms with Crippen LogP contribution in [0.4, 0.5) is 0 Å². The molecule has 7 heteroatoms. The molecular weight excluding hydrogens is 300 g/mol. The van der Waals surface area contributed by atoms with Crippen molar-refractivity contribution in [1.82, 2.24) is 4.72 Å². The van der Waals surface area contributed by atoms with Gasteiger partial charge in [0.1, 0.15) is 4.90 Å². The molecule has 0 aliphatic carbocycles. The standard InChI is InChI=1S/C12H22N2O2S3/c1-10-9-18-11(8-13)12(10)19(15,16)14-6-4-3-5-7-17-2/h9,14H,3-8,13H2,1-2H3. The van der Waals surface area contributed by atoms with Crippen LogP contribution in [0.1, 0.15) is 29.7 Å². The topological polar surface area (TPSA) is 72.2 Å². The molecule has 0 saturated heterocycles. The summed E-state index contributed by atoms with van der Waals surface area (Å²) in [6, 6.07) is 0. The van der Waals surface area contributed by atoms with Crippen molar-refractivity contribution >= 4 is 33.1 Å². The fourth-order valence-corrected chi connectivity index (χ4v) is 5.08. The Morgan fingerprint density at radius 2 is 2.11 bits per heavy atom. The van der Waals surface area contributed by atoms with Gasteiger partial charge in [-0.15, -0.1) is 11.3 Å². The number of thioether (sulfide) groups is 1. The quantitative estimate of drug-likeness (QED) is 0.684. The Balaban J connectivity index is 2.54. The second kappa shape index (κ2) is 8.26. The van der Waals surface area contributed by atoms with Crippen molar-refractivity contribution in [3.63, 3.8) is 0 Å². The van der Waals surface area contributed by atoms with E-state index < -0.39 is 10.0 Å². The first-order valence-corrected chi connectivity index (χ1v) is 10.0. The van der Waals surface area contributed by atoms with Crippen LogP contribution in [0, 0.1) is 6.92 Å². The summed E-state index contributed by atoms with van der Waals surface area (Å²) in [4.78, 5) is 1.11. The second-order valence-corrected chi connectivity index (χ2v) is 7.98.